The van der Waals surface area contributed by atoms with Gasteiger partial charge >= 0.3 is 0 Å². The van der Waals surface area contributed by atoms with E-state index in [0.717, 1.165) is 16.6 Å². The number of fused-ring (bicyclic) bond motifs is 1. The minimum atomic E-state index is -0.500. The molecule has 1 heterocycles. The maximum atomic E-state index is 14.3. The van der Waals surface area contributed by atoms with Crippen LogP contribution in [0.15, 0.2) is 46.9 Å². The van der Waals surface area contributed by atoms with Crippen LogP contribution in [0.4, 0.5) is 10.1 Å². The first-order valence-electron chi connectivity index (χ1n) is 7.23. The number of halogens is 2. The first kappa shape index (κ1) is 15.0. The maximum Gasteiger partial charge on any atom is 0.257 e. The highest BCUT2D eigenvalue weighted by molar-refractivity contribution is 9.10. The highest BCUT2D eigenvalue weighted by Gasteiger charge is 2.33. The Kier molecular flexibility index (Phi) is 4.16. The molecule has 114 valence electrons. The van der Waals surface area contributed by atoms with E-state index in [1.54, 1.807) is 23.1 Å². The molecule has 0 saturated heterocycles. The van der Waals surface area contributed by atoms with Gasteiger partial charge in [0, 0.05) is 22.3 Å². The number of para-hydroxylation sites is 1. The van der Waals surface area contributed by atoms with Crippen LogP contribution in [0.5, 0.6) is 0 Å². The molecule has 0 radical (unpaired) electrons. The van der Waals surface area contributed by atoms with E-state index in [1.165, 1.54) is 6.07 Å². The molecule has 0 bridgehead atoms. The molecule has 1 N–H and O–H groups in total. The first-order valence-corrected chi connectivity index (χ1v) is 8.02. The summed E-state index contributed by atoms with van der Waals surface area (Å²) in [7, 11) is 0. The Morgan fingerprint density at radius 1 is 1.27 bits per heavy atom. The number of nitrogens with one attached hydrogen (secondary N) is 1. The van der Waals surface area contributed by atoms with Crippen molar-refractivity contribution in [1.82, 2.24) is 4.90 Å². The molecule has 0 aromatic heterocycles. The van der Waals surface area contributed by atoms with Crippen molar-refractivity contribution < 1.29 is 9.18 Å². The van der Waals surface area contributed by atoms with E-state index in [2.05, 4.69) is 21.2 Å². The van der Waals surface area contributed by atoms with E-state index in [4.69, 9.17) is 0 Å². The number of anilines is 1. The quantitative estimate of drug-likeness (QED) is 0.867. The van der Waals surface area contributed by atoms with Crippen molar-refractivity contribution in [2.45, 2.75) is 19.5 Å². The molecule has 1 aliphatic rings. The van der Waals surface area contributed by atoms with Gasteiger partial charge in [-0.15, -0.1) is 0 Å². The fourth-order valence-electron chi connectivity index (χ4n) is 2.73. The van der Waals surface area contributed by atoms with Crippen LogP contribution in [0.3, 0.4) is 0 Å². The van der Waals surface area contributed by atoms with E-state index in [-0.39, 0.29) is 11.7 Å². The van der Waals surface area contributed by atoms with Gasteiger partial charge in [-0.3, -0.25) is 4.79 Å². The van der Waals surface area contributed by atoms with Crippen LogP contribution in [-0.4, -0.2) is 17.4 Å². The summed E-state index contributed by atoms with van der Waals surface area (Å²) in [6, 6.07) is 12.1. The summed E-state index contributed by atoms with van der Waals surface area (Å²) in [6.45, 7) is 2.57. The van der Waals surface area contributed by atoms with Crippen molar-refractivity contribution >= 4 is 27.5 Å². The Labute approximate surface area is 137 Å². The summed E-state index contributed by atoms with van der Waals surface area (Å²) in [5.74, 6) is -0.394. The van der Waals surface area contributed by atoms with Gasteiger partial charge in [-0.05, 0) is 36.8 Å². The number of carbonyl (C=O) groups excluding carboxylic acids is 1. The van der Waals surface area contributed by atoms with E-state index < -0.39 is 6.17 Å². The second-order valence-electron chi connectivity index (χ2n) is 5.26. The molecule has 0 saturated carbocycles. The average Bonchev–Trinajstić information content (AvgIpc) is 2.52. The molecule has 3 nitrogen and oxygen atoms in total. The largest absolute Gasteiger partial charge is 0.361 e. The zero-order valence-electron chi connectivity index (χ0n) is 12.1. The van der Waals surface area contributed by atoms with Gasteiger partial charge in [-0.2, -0.15) is 0 Å². The van der Waals surface area contributed by atoms with E-state index in [9.17, 15) is 9.18 Å². The second kappa shape index (κ2) is 6.08. The first-order chi connectivity index (χ1) is 10.6. The van der Waals surface area contributed by atoms with Gasteiger partial charge < -0.3 is 10.2 Å². The average molecular weight is 363 g/mol. The number of rotatable bonds is 3. The number of nitrogens with zero attached hydrogens (tertiary/aromatic N) is 1. The van der Waals surface area contributed by atoms with Crippen LogP contribution >= 0.6 is 15.9 Å². The van der Waals surface area contributed by atoms with Gasteiger partial charge in [0.15, 0.2) is 0 Å². The molecule has 0 unspecified atom stereocenters. The third-order valence-corrected chi connectivity index (χ3v) is 4.23. The summed E-state index contributed by atoms with van der Waals surface area (Å²) in [5.41, 5.74) is 1.83. The zero-order chi connectivity index (χ0) is 15.7. The van der Waals surface area contributed by atoms with E-state index in [0.29, 0.717) is 17.7 Å². The van der Waals surface area contributed by atoms with Crippen LogP contribution in [0.1, 0.15) is 35.4 Å². The summed E-state index contributed by atoms with van der Waals surface area (Å²) >= 11 is 3.37. The van der Waals surface area contributed by atoms with Crippen molar-refractivity contribution in [2.24, 2.45) is 0 Å². The Hall–Kier alpha value is -1.88. The molecule has 5 heteroatoms. The van der Waals surface area contributed by atoms with Crippen molar-refractivity contribution in [3.05, 3.63) is 63.9 Å². The number of hydrogen-bond acceptors (Lipinski definition) is 2. The number of amides is 1. The van der Waals surface area contributed by atoms with E-state index >= 15 is 0 Å². The monoisotopic (exact) mass is 362 g/mol. The smallest absolute Gasteiger partial charge is 0.257 e. The predicted molar refractivity (Wildman–Crippen MR) is 88.2 cm³/mol. The number of hydrogen-bond donors (Lipinski definition) is 1. The van der Waals surface area contributed by atoms with Crippen LogP contribution in [0.25, 0.3) is 0 Å². The standard InChI is InChI=1S/C17H16BrFN2O/c1-2-9-21-16(13-10-11(18)7-8-14(13)19)20-15-6-4-3-5-12(15)17(21)22/h3-8,10,16,20H,2,9H2,1H3/t16-/m0/s1. The fraction of sp³-hybridized carbons (Fsp3) is 0.235. The van der Waals surface area contributed by atoms with Crippen molar-refractivity contribution in [3.8, 4) is 0 Å². The van der Waals surface area contributed by atoms with Crippen LogP contribution in [-0.2, 0) is 0 Å². The number of benzene rings is 2. The molecule has 0 aliphatic carbocycles. The lowest BCUT2D eigenvalue weighted by Crippen LogP contribution is -2.43. The summed E-state index contributed by atoms with van der Waals surface area (Å²) in [5, 5.41) is 3.29. The predicted octanol–water partition coefficient (Wildman–Crippen LogP) is 4.56. The highest BCUT2D eigenvalue weighted by atomic mass is 79.9. The normalized spacial score (nSPS) is 17.1. The Morgan fingerprint density at radius 3 is 2.82 bits per heavy atom. The minimum absolute atomic E-state index is 0.0689. The van der Waals surface area contributed by atoms with Crippen molar-refractivity contribution in [2.75, 3.05) is 11.9 Å². The molecular formula is C17H16BrFN2O. The van der Waals surface area contributed by atoms with Crippen molar-refractivity contribution in [1.29, 1.82) is 0 Å². The SMILES string of the molecule is CCCN1C(=O)c2ccccc2N[C@@H]1c1cc(Br)ccc1F. The Morgan fingerprint density at radius 2 is 2.05 bits per heavy atom. The summed E-state index contributed by atoms with van der Waals surface area (Å²) < 4.78 is 15.1. The second-order valence-corrected chi connectivity index (χ2v) is 6.17. The third-order valence-electron chi connectivity index (χ3n) is 3.74. The third kappa shape index (κ3) is 2.61. The Balaban J connectivity index is 2.09. The molecule has 1 amide bonds. The molecule has 1 aliphatic heterocycles. The van der Waals surface area contributed by atoms with Gasteiger partial charge in [-0.25, -0.2) is 4.39 Å². The highest BCUT2D eigenvalue weighted by Crippen LogP contribution is 2.34. The topological polar surface area (TPSA) is 32.3 Å². The van der Waals surface area contributed by atoms with Crippen LogP contribution in [0.2, 0.25) is 0 Å². The zero-order valence-corrected chi connectivity index (χ0v) is 13.7. The van der Waals surface area contributed by atoms with Gasteiger partial charge in [-0.1, -0.05) is 35.0 Å². The fourth-order valence-corrected chi connectivity index (χ4v) is 3.11. The van der Waals surface area contributed by atoms with Crippen LogP contribution in [0, 0.1) is 5.82 Å². The van der Waals surface area contributed by atoms with Gasteiger partial charge in [0.1, 0.15) is 12.0 Å². The molecular weight excluding hydrogens is 347 g/mol. The molecule has 3 rings (SSSR count). The van der Waals surface area contributed by atoms with Crippen LogP contribution < -0.4 is 5.32 Å². The number of carbonyl (C=O) groups is 1. The Bertz CT molecular complexity index is 720. The lowest BCUT2D eigenvalue weighted by molar-refractivity contribution is 0.0680. The molecule has 2 aromatic rings. The van der Waals surface area contributed by atoms with E-state index in [1.807, 2.05) is 25.1 Å². The molecule has 1 atom stereocenters. The lowest BCUT2D eigenvalue weighted by atomic mass is 10.0. The molecule has 2 aromatic carbocycles. The summed E-state index contributed by atoms with van der Waals surface area (Å²) in [6.07, 6.45) is 0.307. The lowest BCUT2D eigenvalue weighted by Gasteiger charge is -2.38. The summed E-state index contributed by atoms with van der Waals surface area (Å²) in [4.78, 5) is 14.4. The van der Waals surface area contributed by atoms with Gasteiger partial charge in [0.05, 0.1) is 5.56 Å². The van der Waals surface area contributed by atoms with Gasteiger partial charge in [0.25, 0.3) is 5.91 Å². The van der Waals surface area contributed by atoms with Crippen molar-refractivity contribution in [3.63, 3.8) is 0 Å². The maximum absolute atomic E-state index is 14.3. The molecule has 0 fully saturated rings. The van der Waals surface area contributed by atoms with Gasteiger partial charge in [0.2, 0.25) is 0 Å². The molecule has 22 heavy (non-hydrogen) atoms. The molecule has 0 spiro atoms. The minimum Gasteiger partial charge on any atom is -0.361 e.